The molecule has 5 aromatic carbocycles. The van der Waals surface area contributed by atoms with Crippen molar-refractivity contribution in [3.63, 3.8) is 0 Å². The number of hydrogen-bond acceptors (Lipinski definition) is 2. The van der Waals surface area contributed by atoms with E-state index in [4.69, 9.17) is 0 Å². The third kappa shape index (κ3) is 2.36. The van der Waals surface area contributed by atoms with Crippen molar-refractivity contribution in [2.45, 2.75) is 25.0 Å². The van der Waals surface area contributed by atoms with E-state index in [0.29, 0.717) is 12.8 Å². The Balaban J connectivity index is 1.78. The van der Waals surface area contributed by atoms with Gasteiger partial charge >= 0.3 is 0 Å². The average molecular weight is 423 g/mol. The lowest BCUT2D eigenvalue weighted by Gasteiger charge is -2.34. The Morgan fingerprint density at radius 1 is 0.806 bits per heavy atom. The Kier molecular flexibility index (Phi) is 3.85. The highest BCUT2D eigenvalue weighted by atomic mass is 31.2. The molecule has 2 unspecified atom stereocenters. The minimum atomic E-state index is -3.32. The molecule has 0 radical (unpaired) electrons. The maximum atomic E-state index is 15.2. The molecule has 0 saturated carbocycles. The van der Waals surface area contributed by atoms with Crippen LogP contribution in [0, 0.1) is 5.21 Å². The van der Waals surface area contributed by atoms with Crippen LogP contribution in [0.4, 0.5) is 0 Å². The number of hydroxylamine groups is 1. The molecule has 31 heavy (non-hydrogen) atoms. The molecule has 0 aromatic heterocycles. The first-order chi connectivity index (χ1) is 15.0. The van der Waals surface area contributed by atoms with Crippen LogP contribution in [0.15, 0.2) is 84.9 Å². The summed E-state index contributed by atoms with van der Waals surface area (Å²) in [5.41, 5.74) is 0. The Labute approximate surface area is 180 Å². The van der Waals surface area contributed by atoms with E-state index in [-0.39, 0.29) is 0 Å². The zero-order valence-corrected chi connectivity index (χ0v) is 18.2. The van der Waals surface area contributed by atoms with Crippen molar-refractivity contribution in [3.8, 4) is 0 Å². The van der Waals surface area contributed by atoms with Crippen LogP contribution >= 0.6 is 7.14 Å². The summed E-state index contributed by atoms with van der Waals surface area (Å²) < 4.78 is 16.2. The molecule has 6 rings (SSSR count). The van der Waals surface area contributed by atoms with Gasteiger partial charge in [0.05, 0.1) is 0 Å². The summed E-state index contributed by atoms with van der Waals surface area (Å²) in [5, 5.41) is 20.4. The van der Waals surface area contributed by atoms with E-state index in [1.165, 1.54) is 16.2 Å². The first-order valence-corrected chi connectivity index (χ1v) is 12.4. The molecule has 1 aliphatic heterocycles. The number of rotatable bonds is 3. The lowest BCUT2D eigenvalue weighted by molar-refractivity contribution is -0.502. The molecular weight excluding hydrogens is 401 g/mol. The van der Waals surface area contributed by atoms with Crippen molar-refractivity contribution in [3.05, 3.63) is 90.1 Å². The summed E-state index contributed by atoms with van der Waals surface area (Å²) in [6.07, 6.45) is 2.86. The summed E-state index contributed by atoms with van der Waals surface area (Å²) in [6, 6.07) is 28.4. The average Bonchev–Trinajstić information content (AvgIpc) is 3.17. The van der Waals surface area contributed by atoms with Crippen molar-refractivity contribution >= 4 is 56.3 Å². The molecule has 2 atom stereocenters. The van der Waals surface area contributed by atoms with Crippen LogP contribution in [0.5, 0.6) is 0 Å². The van der Waals surface area contributed by atoms with Gasteiger partial charge in [0.2, 0.25) is 12.4 Å². The monoisotopic (exact) mass is 423 g/mol. The topological polar surface area (TPSA) is 43.1 Å². The van der Waals surface area contributed by atoms with Gasteiger partial charge in [-0.15, -0.1) is 0 Å². The molecule has 0 amide bonds. The van der Waals surface area contributed by atoms with E-state index in [2.05, 4.69) is 48.5 Å². The van der Waals surface area contributed by atoms with E-state index in [0.717, 1.165) is 31.5 Å². The highest BCUT2D eigenvalue weighted by Crippen LogP contribution is 2.60. The van der Waals surface area contributed by atoms with Crippen LogP contribution in [0.3, 0.4) is 0 Å². The van der Waals surface area contributed by atoms with Gasteiger partial charge in [0.1, 0.15) is 0 Å². The van der Waals surface area contributed by atoms with Crippen LogP contribution in [0.2, 0.25) is 0 Å². The summed E-state index contributed by atoms with van der Waals surface area (Å²) >= 11 is 0. The normalized spacial score (nSPS) is 21.0. The summed E-state index contributed by atoms with van der Waals surface area (Å²) in [7, 11) is -3.32. The summed E-state index contributed by atoms with van der Waals surface area (Å²) in [5.74, 6) is 0. The van der Waals surface area contributed by atoms with Gasteiger partial charge in [0.15, 0.2) is 6.21 Å². The second-order valence-electron chi connectivity index (χ2n) is 8.65. The fraction of sp³-hybridized carbons (Fsp3) is 0.148. The van der Waals surface area contributed by atoms with Gasteiger partial charge < -0.3 is 9.77 Å². The van der Waals surface area contributed by atoms with Gasteiger partial charge in [-0.3, -0.25) is 0 Å². The Morgan fingerprint density at radius 2 is 1.45 bits per heavy atom. The molecule has 0 N–H and O–H groups in total. The van der Waals surface area contributed by atoms with Crippen molar-refractivity contribution in [2.75, 3.05) is 0 Å². The fourth-order valence-corrected chi connectivity index (χ4v) is 8.93. The lowest BCUT2D eigenvalue weighted by atomic mass is 9.94. The first kappa shape index (κ1) is 18.6. The maximum Gasteiger partial charge on any atom is 0.228 e. The molecule has 1 heterocycles. The second-order valence-corrected chi connectivity index (χ2v) is 11.8. The highest BCUT2D eigenvalue weighted by molar-refractivity contribution is 7.80. The molecule has 0 fully saturated rings. The quantitative estimate of drug-likeness (QED) is 0.155. The van der Waals surface area contributed by atoms with E-state index in [9.17, 15) is 5.21 Å². The van der Waals surface area contributed by atoms with Crippen LogP contribution in [-0.2, 0) is 4.57 Å². The standard InChI is InChI=1S/C27H22NO2P/c1-27(17-6-18-28(27)29)31(30,22-9-3-2-4-10-22)24-16-14-21-12-11-19-7-5-8-20-13-15-23(24)26(21)25(19)20/h2-5,7-16,18H,6,17H2,1H3. The molecule has 152 valence electrons. The zero-order chi connectivity index (χ0) is 21.2. The van der Waals surface area contributed by atoms with E-state index in [1.807, 2.05) is 43.3 Å². The molecule has 5 aromatic rings. The van der Waals surface area contributed by atoms with Crippen LogP contribution < -0.4 is 10.6 Å². The van der Waals surface area contributed by atoms with Gasteiger partial charge in [0, 0.05) is 30.4 Å². The third-order valence-electron chi connectivity index (χ3n) is 7.03. The molecule has 0 saturated heterocycles. The number of hydrogen-bond donors (Lipinski definition) is 0. The van der Waals surface area contributed by atoms with E-state index >= 15 is 4.57 Å². The number of nitrogens with zero attached hydrogens (tertiary/aromatic N) is 1. The van der Waals surface area contributed by atoms with E-state index < -0.39 is 12.4 Å². The lowest BCUT2D eigenvalue weighted by Crippen LogP contribution is -2.40. The SMILES string of the molecule is CC1(P(=O)(c2ccccc2)c2ccc3ccc4cccc5ccc2c3c45)CCC=[N+]1[O-]. The smallest absolute Gasteiger partial charge is 0.228 e. The highest BCUT2D eigenvalue weighted by Gasteiger charge is 2.56. The molecule has 0 spiro atoms. The van der Waals surface area contributed by atoms with Crippen molar-refractivity contribution < 1.29 is 9.30 Å². The van der Waals surface area contributed by atoms with Gasteiger partial charge in [-0.25, -0.2) is 4.74 Å². The van der Waals surface area contributed by atoms with Crippen molar-refractivity contribution in [1.29, 1.82) is 0 Å². The third-order valence-corrected chi connectivity index (χ3v) is 10.9. The Morgan fingerprint density at radius 3 is 2.13 bits per heavy atom. The van der Waals surface area contributed by atoms with Crippen LogP contribution in [0.25, 0.3) is 32.3 Å². The Bertz CT molecular complexity index is 1520. The maximum absolute atomic E-state index is 15.2. The molecule has 0 bridgehead atoms. The summed E-state index contributed by atoms with van der Waals surface area (Å²) in [6.45, 7) is 1.87. The molecule has 0 aliphatic carbocycles. The molecule has 1 aliphatic rings. The van der Waals surface area contributed by atoms with E-state index in [1.54, 1.807) is 6.21 Å². The minimum Gasteiger partial charge on any atom is -0.623 e. The second kappa shape index (κ2) is 6.42. The van der Waals surface area contributed by atoms with Crippen LogP contribution in [-0.4, -0.2) is 16.2 Å². The zero-order valence-electron chi connectivity index (χ0n) is 17.3. The Hall–Kier alpha value is -3.16. The minimum absolute atomic E-state index is 0.574. The van der Waals surface area contributed by atoms with Crippen molar-refractivity contribution in [2.24, 2.45) is 0 Å². The van der Waals surface area contributed by atoms with Gasteiger partial charge in [-0.1, -0.05) is 78.9 Å². The predicted octanol–water partition coefficient (Wildman–Crippen LogP) is 5.99. The first-order valence-electron chi connectivity index (χ1n) is 10.7. The number of benzene rings is 5. The van der Waals surface area contributed by atoms with Gasteiger partial charge in [-0.05, 0) is 38.4 Å². The molecule has 3 nitrogen and oxygen atoms in total. The fourth-order valence-electron chi connectivity index (χ4n) is 5.37. The largest absolute Gasteiger partial charge is 0.623 e. The summed E-state index contributed by atoms with van der Waals surface area (Å²) in [4.78, 5) is 0. The van der Waals surface area contributed by atoms with Gasteiger partial charge in [-0.2, -0.15) is 0 Å². The predicted molar refractivity (Wildman–Crippen MR) is 131 cm³/mol. The molecular formula is C27H22NO2P. The molecule has 4 heteroatoms. The van der Waals surface area contributed by atoms with Crippen molar-refractivity contribution in [1.82, 2.24) is 0 Å². The van der Waals surface area contributed by atoms with Crippen LogP contribution in [0.1, 0.15) is 19.8 Å². The van der Waals surface area contributed by atoms with Gasteiger partial charge in [0.25, 0.3) is 0 Å².